The van der Waals surface area contributed by atoms with Gasteiger partial charge in [0.15, 0.2) is 0 Å². The zero-order valence-electron chi connectivity index (χ0n) is 8.09. The molecule has 1 atom stereocenters. The highest BCUT2D eigenvalue weighted by molar-refractivity contribution is 7.12. The molecule has 1 aromatic heterocycles. The van der Waals surface area contributed by atoms with E-state index in [1.807, 2.05) is 11.3 Å². The highest BCUT2D eigenvalue weighted by Crippen LogP contribution is 2.37. The highest BCUT2D eigenvalue weighted by atomic mass is 32.1. The average molecular weight is 197 g/mol. The molecule has 13 heavy (non-hydrogen) atoms. The van der Waals surface area contributed by atoms with Gasteiger partial charge in [-0.25, -0.2) is 0 Å². The van der Waals surface area contributed by atoms with Crippen LogP contribution in [0.15, 0.2) is 6.07 Å². The SMILES string of the molecule is COc1cc(C)sc1C1CCNC1. The van der Waals surface area contributed by atoms with Crippen LogP contribution >= 0.6 is 11.3 Å². The van der Waals surface area contributed by atoms with Gasteiger partial charge in [0.2, 0.25) is 0 Å². The number of aryl methyl sites for hydroxylation is 1. The van der Waals surface area contributed by atoms with Gasteiger partial charge in [-0.05, 0) is 26.0 Å². The minimum Gasteiger partial charge on any atom is -0.496 e. The topological polar surface area (TPSA) is 21.3 Å². The zero-order valence-corrected chi connectivity index (χ0v) is 8.91. The van der Waals surface area contributed by atoms with Gasteiger partial charge in [0.25, 0.3) is 0 Å². The van der Waals surface area contributed by atoms with Gasteiger partial charge >= 0.3 is 0 Å². The first-order valence-corrected chi connectivity index (χ1v) is 5.48. The third kappa shape index (κ3) is 1.71. The van der Waals surface area contributed by atoms with E-state index in [1.54, 1.807) is 7.11 Å². The van der Waals surface area contributed by atoms with Gasteiger partial charge in [-0.15, -0.1) is 11.3 Å². The summed E-state index contributed by atoms with van der Waals surface area (Å²) < 4.78 is 5.36. The second kappa shape index (κ2) is 3.68. The van der Waals surface area contributed by atoms with Gasteiger partial charge in [0.1, 0.15) is 5.75 Å². The van der Waals surface area contributed by atoms with Crippen LogP contribution in [-0.4, -0.2) is 20.2 Å². The second-order valence-corrected chi connectivity index (χ2v) is 4.77. The summed E-state index contributed by atoms with van der Waals surface area (Å²) in [5, 5.41) is 3.38. The molecule has 1 aliphatic heterocycles. The molecule has 1 unspecified atom stereocenters. The van der Waals surface area contributed by atoms with Crippen LogP contribution in [0, 0.1) is 6.92 Å². The van der Waals surface area contributed by atoms with Gasteiger partial charge in [0.05, 0.1) is 12.0 Å². The van der Waals surface area contributed by atoms with Crippen LogP contribution in [0.1, 0.15) is 22.1 Å². The van der Waals surface area contributed by atoms with Crippen molar-refractivity contribution in [3.8, 4) is 5.75 Å². The fraction of sp³-hybridized carbons (Fsp3) is 0.600. The standard InChI is InChI=1S/C10H15NOS/c1-7-5-9(12-2)10(13-7)8-3-4-11-6-8/h5,8,11H,3-4,6H2,1-2H3. The van der Waals surface area contributed by atoms with E-state index in [-0.39, 0.29) is 0 Å². The van der Waals surface area contributed by atoms with E-state index >= 15 is 0 Å². The number of thiophene rings is 1. The lowest BCUT2D eigenvalue weighted by Crippen LogP contribution is -2.07. The van der Waals surface area contributed by atoms with Crippen molar-refractivity contribution in [2.75, 3.05) is 20.2 Å². The molecule has 0 spiro atoms. The van der Waals surface area contributed by atoms with E-state index < -0.39 is 0 Å². The first kappa shape index (κ1) is 9.03. The molecule has 1 saturated heterocycles. The Morgan fingerprint density at radius 2 is 2.46 bits per heavy atom. The van der Waals surface area contributed by atoms with Crippen molar-refractivity contribution in [2.45, 2.75) is 19.3 Å². The molecule has 1 N–H and O–H groups in total. The van der Waals surface area contributed by atoms with E-state index in [4.69, 9.17) is 4.74 Å². The van der Waals surface area contributed by atoms with Crippen LogP contribution < -0.4 is 10.1 Å². The molecular formula is C10H15NOS. The summed E-state index contributed by atoms with van der Waals surface area (Å²) in [5.74, 6) is 1.75. The summed E-state index contributed by atoms with van der Waals surface area (Å²) >= 11 is 1.87. The van der Waals surface area contributed by atoms with Gasteiger partial charge in [-0.3, -0.25) is 0 Å². The lowest BCUT2D eigenvalue weighted by Gasteiger charge is -2.07. The Kier molecular flexibility index (Phi) is 2.56. The summed E-state index contributed by atoms with van der Waals surface area (Å²) in [5.41, 5.74) is 0. The molecule has 2 rings (SSSR count). The molecule has 2 nitrogen and oxygen atoms in total. The summed E-state index contributed by atoms with van der Waals surface area (Å²) in [6, 6.07) is 2.14. The second-order valence-electron chi connectivity index (χ2n) is 3.48. The first-order chi connectivity index (χ1) is 6.31. The maximum Gasteiger partial charge on any atom is 0.133 e. The van der Waals surface area contributed by atoms with Crippen LogP contribution in [0.2, 0.25) is 0 Å². The summed E-state index contributed by atoms with van der Waals surface area (Å²) in [7, 11) is 1.76. The minimum absolute atomic E-state index is 0.675. The molecule has 72 valence electrons. The highest BCUT2D eigenvalue weighted by Gasteiger charge is 2.22. The van der Waals surface area contributed by atoms with E-state index in [1.165, 1.54) is 16.2 Å². The van der Waals surface area contributed by atoms with Crippen LogP contribution in [-0.2, 0) is 0 Å². The number of nitrogens with one attached hydrogen (secondary N) is 1. The fourth-order valence-electron chi connectivity index (χ4n) is 1.83. The molecule has 0 saturated carbocycles. The normalized spacial score (nSPS) is 22.2. The molecule has 0 aliphatic carbocycles. The van der Waals surface area contributed by atoms with E-state index in [0.29, 0.717) is 5.92 Å². The Bertz CT molecular complexity index is 289. The fourth-order valence-corrected chi connectivity index (χ4v) is 2.95. The molecule has 3 heteroatoms. The molecule has 1 fully saturated rings. The van der Waals surface area contributed by atoms with Crippen molar-refractivity contribution >= 4 is 11.3 Å². The lowest BCUT2D eigenvalue weighted by atomic mass is 10.1. The predicted molar refractivity (Wildman–Crippen MR) is 55.8 cm³/mol. The van der Waals surface area contributed by atoms with Crippen molar-refractivity contribution in [3.05, 3.63) is 15.8 Å². The smallest absolute Gasteiger partial charge is 0.133 e. The number of hydrogen-bond acceptors (Lipinski definition) is 3. The Labute approximate surface area is 82.9 Å². The molecule has 1 aliphatic rings. The number of ether oxygens (including phenoxy) is 1. The maximum atomic E-state index is 5.36. The van der Waals surface area contributed by atoms with Gasteiger partial charge in [-0.1, -0.05) is 0 Å². The summed E-state index contributed by atoms with van der Waals surface area (Å²) in [6.07, 6.45) is 1.25. The quantitative estimate of drug-likeness (QED) is 0.784. The lowest BCUT2D eigenvalue weighted by molar-refractivity contribution is 0.409. The zero-order chi connectivity index (χ0) is 9.26. The Morgan fingerprint density at radius 1 is 1.62 bits per heavy atom. The van der Waals surface area contributed by atoms with Crippen LogP contribution in [0.3, 0.4) is 0 Å². The molecule has 2 heterocycles. The van der Waals surface area contributed by atoms with Gasteiger partial charge in [-0.2, -0.15) is 0 Å². The molecule has 1 aromatic rings. The molecule has 0 aromatic carbocycles. The van der Waals surface area contributed by atoms with Gasteiger partial charge < -0.3 is 10.1 Å². The number of methoxy groups -OCH3 is 1. The van der Waals surface area contributed by atoms with Crippen molar-refractivity contribution < 1.29 is 4.74 Å². The third-order valence-electron chi connectivity index (χ3n) is 2.50. The van der Waals surface area contributed by atoms with E-state index in [2.05, 4.69) is 18.3 Å². The molecule has 0 radical (unpaired) electrons. The van der Waals surface area contributed by atoms with E-state index in [0.717, 1.165) is 18.8 Å². The summed E-state index contributed by atoms with van der Waals surface area (Å²) in [6.45, 7) is 4.39. The van der Waals surface area contributed by atoms with Crippen molar-refractivity contribution in [2.24, 2.45) is 0 Å². The van der Waals surface area contributed by atoms with Crippen molar-refractivity contribution in [1.29, 1.82) is 0 Å². The molecule has 0 amide bonds. The monoisotopic (exact) mass is 197 g/mol. The molecular weight excluding hydrogens is 182 g/mol. The van der Waals surface area contributed by atoms with Crippen LogP contribution in [0.5, 0.6) is 5.75 Å². The van der Waals surface area contributed by atoms with Crippen molar-refractivity contribution in [3.63, 3.8) is 0 Å². The average Bonchev–Trinajstić information content (AvgIpc) is 2.71. The largest absolute Gasteiger partial charge is 0.496 e. The van der Waals surface area contributed by atoms with Gasteiger partial charge in [0, 0.05) is 17.3 Å². The maximum absolute atomic E-state index is 5.36. The van der Waals surface area contributed by atoms with Crippen LogP contribution in [0.4, 0.5) is 0 Å². The Morgan fingerprint density at radius 3 is 3.08 bits per heavy atom. The minimum atomic E-state index is 0.675. The van der Waals surface area contributed by atoms with E-state index in [9.17, 15) is 0 Å². The Hall–Kier alpha value is -0.540. The predicted octanol–water partition coefficient (Wildman–Crippen LogP) is 2.14. The van der Waals surface area contributed by atoms with Crippen molar-refractivity contribution in [1.82, 2.24) is 5.32 Å². The first-order valence-electron chi connectivity index (χ1n) is 4.66. The third-order valence-corrected chi connectivity index (χ3v) is 3.69. The number of rotatable bonds is 2. The van der Waals surface area contributed by atoms with Crippen LogP contribution in [0.25, 0.3) is 0 Å². The number of hydrogen-bond donors (Lipinski definition) is 1. The summed E-state index contributed by atoms with van der Waals surface area (Å²) in [4.78, 5) is 2.77. The molecule has 0 bridgehead atoms. The Balaban J connectivity index is 2.26.